The van der Waals surface area contributed by atoms with E-state index >= 15 is 0 Å². The van der Waals surface area contributed by atoms with Crippen LogP contribution in [0.5, 0.6) is 0 Å². The highest BCUT2D eigenvalue weighted by atomic mass is 35.5. The van der Waals surface area contributed by atoms with E-state index in [-0.39, 0.29) is 0 Å². The van der Waals surface area contributed by atoms with Crippen LogP contribution in [0.2, 0.25) is 5.02 Å². The second-order valence-corrected chi connectivity index (χ2v) is 4.79. The quantitative estimate of drug-likeness (QED) is 0.874. The predicted molar refractivity (Wildman–Crippen MR) is 68.6 cm³/mol. The number of hydrogen-bond donors (Lipinski definition) is 1. The lowest BCUT2D eigenvalue weighted by atomic mass is 10.1. The van der Waals surface area contributed by atoms with Crippen molar-refractivity contribution in [3.8, 4) is 0 Å². The van der Waals surface area contributed by atoms with Crippen LogP contribution in [0.1, 0.15) is 36.9 Å². The van der Waals surface area contributed by atoms with Crippen LogP contribution in [0, 0.1) is 0 Å². The molecule has 0 aromatic heterocycles. The minimum Gasteiger partial charge on any atom is -0.329 e. The van der Waals surface area contributed by atoms with Crippen LogP contribution in [-0.4, -0.2) is 18.0 Å². The first-order valence-electron chi connectivity index (χ1n) is 5.99. The molecule has 88 valence electrons. The molecule has 2 rings (SSSR count). The summed E-state index contributed by atoms with van der Waals surface area (Å²) in [7, 11) is 0. The molecule has 16 heavy (non-hydrogen) atoms. The molecular formula is C13H19ClN2. The molecule has 0 spiro atoms. The molecule has 1 atom stereocenters. The van der Waals surface area contributed by atoms with Gasteiger partial charge in [0.2, 0.25) is 0 Å². The average Bonchev–Trinajstić information content (AvgIpc) is 2.65. The van der Waals surface area contributed by atoms with Crippen LogP contribution < -0.4 is 5.73 Å². The van der Waals surface area contributed by atoms with E-state index < -0.39 is 0 Å². The Kier molecular flexibility index (Phi) is 3.85. The Labute approximate surface area is 102 Å². The standard InChI is InChI=1S/C13H19ClN2/c1-2-3-7-16-9-11-10(13(16)8-15)5-4-6-12(11)14/h4-6,13H,2-3,7-9,15H2,1H3. The van der Waals surface area contributed by atoms with Crippen LogP contribution in [-0.2, 0) is 6.54 Å². The fourth-order valence-electron chi connectivity index (χ4n) is 2.44. The Hall–Kier alpha value is -0.570. The third kappa shape index (κ3) is 2.10. The fourth-order valence-corrected chi connectivity index (χ4v) is 2.68. The highest BCUT2D eigenvalue weighted by Crippen LogP contribution is 2.36. The molecule has 1 aliphatic rings. The van der Waals surface area contributed by atoms with Gasteiger partial charge in [0.25, 0.3) is 0 Å². The molecule has 3 heteroatoms. The van der Waals surface area contributed by atoms with Gasteiger partial charge in [-0.15, -0.1) is 0 Å². The number of nitrogens with two attached hydrogens (primary N) is 1. The van der Waals surface area contributed by atoms with Crippen LogP contribution in [0.25, 0.3) is 0 Å². The maximum Gasteiger partial charge on any atom is 0.0477 e. The van der Waals surface area contributed by atoms with Crippen molar-refractivity contribution in [1.29, 1.82) is 0 Å². The van der Waals surface area contributed by atoms with Crippen LogP contribution in [0.3, 0.4) is 0 Å². The number of fused-ring (bicyclic) bond motifs is 1. The van der Waals surface area contributed by atoms with Gasteiger partial charge in [-0.1, -0.05) is 37.1 Å². The van der Waals surface area contributed by atoms with Crippen molar-refractivity contribution >= 4 is 11.6 Å². The number of nitrogens with zero attached hydrogens (tertiary/aromatic N) is 1. The van der Waals surface area contributed by atoms with Gasteiger partial charge in [0.05, 0.1) is 0 Å². The molecule has 1 aromatic rings. The van der Waals surface area contributed by atoms with Crippen molar-refractivity contribution in [2.45, 2.75) is 32.4 Å². The van der Waals surface area contributed by atoms with Crippen LogP contribution >= 0.6 is 11.6 Å². The summed E-state index contributed by atoms with van der Waals surface area (Å²) in [6, 6.07) is 6.51. The molecule has 2 nitrogen and oxygen atoms in total. The molecular weight excluding hydrogens is 220 g/mol. The normalized spacial score (nSPS) is 20.1. The summed E-state index contributed by atoms with van der Waals surface area (Å²) >= 11 is 6.22. The maximum atomic E-state index is 6.22. The maximum absolute atomic E-state index is 6.22. The van der Waals surface area contributed by atoms with E-state index in [0.717, 1.165) is 18.1 Å². The number of halogens is 1. The lowest BCUT2D eigenvalue weighted by Crippen LogP contribution is -2.28. The Morgan fingerprint density at radius 1 is 1.50 bits per heavy atom. The fraction of sp³-hybridized carbons (Fsp3) is 0.538. The predicted octanol–water partition coefficient (Wildman–Crippen LogP) is 2.96. The van der Waals surface area contributed by atoms with Crippen molar-refractivity contribution < 1.29 is 0 Å². The number of benzene rings is 1. The largest absolute Gasteiger partial charge is 0.329 e. The molecule has 0 amide bonds. The molecule has 0 saturated heterocycles. The number of hydrogen-bond acceptors (Lipinski definition) is 2. The molecule has 1 heterocycles. The van der Waals surface area contributed by atoms with Crippen molar-refractivity contribution in [2.75, 3.05) is 13.1 Å². The van der Waals surface area contributed by atoms with Crippen LogP contribution in [0.15, 0.2) is 18.2 Å². The Morgan fingerprint density at radius 2 is 2.31 bits per heavy atom. The van der Waals surface area contributed by atoms with Crippen molar-refractivity contribution in [3.05, 3.63) is 34.3 Å². The van der Waals surface area contributed by atoms with Gasteiger partial charge in [0.1, 0.15) is 0 Å². The Balaban J connectivity index is 2.22. The summed E-state index contributed by atoms with van der Waals surface area (Å²) in [5, 5.41) is 0.884. The summed E-state index contributed by atoms with van der Waals surface area (Å²) < 4.78 is 0. The van der Waals surface area contributed by atoms with Crippen molar-refractivity contribution in [2.24, 2.45) is 5.73 Å². The number of unbranched alkanes of at least 4 members (excludes halogenated alkanes) is 1. The van der Waals surface area contributed by atoms with E-state index in [4.69, 9.17) is 17.3 Å². The molecule has 0 aliphatic carbocycles. The second kappa shape index (κ2) is 5.17. The van der Waals surface area contributed by atoms with Gasteiger partial charge in [0.15, 0.2) is 0 Å². The number of rotatable bonds is 4. The first kappa shape index (κ1) is 11.9. The Bertz CT molecular complexity index is 365. The zero-order valence-corrected chi connectivity index (χ0v) is 10.5. The van der Waals surface area contributed by atoms with Gasteiger partial charge in [-0.25, -0.2) is 0 Å². The summed E-state index contributed by atoms with van der Waals surface area (Å²) in [6.45, 7) is 4.96. The SMILES string of the molecule is CCCCN1Cc2c(Cl)cccc2C1CN. The van der Waals surface area contributed by atoms with Gasteiger partial charge in [0, 0.05) is 24.2 Å². The van der Waals surface area contributed by atoms with E-state index in [0.29, 0.717) is 12.6 Å². The van der Waals surface area contributed by atoms with Crippen molar-refractivity contribution in [1.82, 2.24) is 4.90 Å². The molecule has 0 bridgehead atoms. The first-order chi connectivity index (χ1) is 7.77. The summed E-state index contributed by atoms with van der Waals surface area (Å²) in [4.78, 5) is 2.44. The van der Waals surface area contributed by atoms with E-state index in [1.54, 1.807) is 0 Å². The third-order valence-corrected chi connectivity index (χ3v) is 3.69. The van der Waals surface area contributed by atoms with Gasteiger partial charge >= 0.3 is 0 Å². The van der Waals surface area contributed by atoms with Gasteiger partial charge in [-0.2, -0.15) is 0 Å². The first-order valence-corrected chi connectivity index (χ1v) is 6.37. The topological polar surface area (TPSA) is 29.3 Å². The highest BCUT2D eigenvalue weighted by molar-refractivity contribution is 6.31. The monoisotopic (exact) mass is 238 g/mol. The summed E-state index contributed by atoms with van der Waals surface area (Å²) in [5.74, 6) is 0. The summed E-state index contributed by atoms with van der Waals surface area (Å²) in [6.07, 6.45) is 2.44. The average molecular weight is 239 g/mol. The van der Waals surface area contributed by atoms with Crippen molar-refractivity contribution in [3.63, 3.8) is 0 Å². The zero-order valence-electron chi connectivity index (χ0n) is 9.75. The minimum atomic E-state index is 0.361. The molecule has 1 aromatic carbocycles. The molecule has 0 fully saturated rings. The second-order valence-electron chi connectivity index (χ2n) is 4.38. The summed E-state index contributed by atoms with van der Waals surface area (Å²) in [5.41, 5.74) is 8.48. The zero-order chi connectivity index (χ0) is 11.5. The smallest absolute Gasteiger partial charge is 0.0477 e. The van der Waals surface area contributed by atoms with Crippen LogP contribution in [0.4, 0.5) is 0 Å². The third-order valence-electron chi connectivity index (χ3n) is 3.34. The Morgan fingerprint density at radius 3 is 3.00 bits per heavy atom. The molecule has 1 aliphatic heterocycles. The molecule has 0 radical (unpaired) electrons. The van der Waals surface area contributed by atoms with Gasteiger partial charge in [-0.3, -0.25) is 4.90 Å². The molecule has 2 N–H and O–H groups in total. The molecule has 1 unspecified atom stereocenters. The minimum absolute atomic E-state index is 0.361. The van der Waals surface area contributed by atoms with E-state index in [1.807, 2.05) is 12.1 Å². The van der Waals surface area contributed by atoms with E-state index in [1.165, 1.54) is 24.0 Å². The van der Waals surface area contributed by atoms with E-state index in [9.17, 15) is 0 Å². The highest BCUT2D eigenvalue weighted by Gasteiger charge is 2.29. The van der Waals surface area contributed by atoms with E-state index in [2.05, 4.69) is 17.9 Å². The van der Waals surface area contributed by atoms with Gasteiger partial charge in [-0.05, 0) is 30.2 Å². The lowest BCUT2D eigenvalue weighted by molar-refractivity contribution is 0.217. The lowest BCUT2D eigenvalue weighted by Gasteiger charge is -2.23. The molecule has 0 saturated carbocycles. The van der Waals surface area contributed by atoms with Gasteiger partial charge < -0.3 is 5.73 Å².